The van der Waals surface area contributed by atoms with E-state index in [0.29, 0.717) is 13.2 Å². The van der Waals surface area contributed by atoms with Gasteiger partial charge >= 0.3 is 12.1 Å². The summed E-state index contributed by atoms with van der Waals surface area (Å²) >= 11 is 0. The highest BCUT2D eigenvalue weighted by molar-refractivity contribution is 5.95. The highest BCUT2D eigenvalue weighted by Gasteiger charge is 2.28. The Labute approximate surface area is 143 Å². The third-order valence-electron chi connectivity index (χ3n) is 3.55. The van der Waals surface area contributed by atoms with Gasteiger partial charge in [0.25, 0.3) is 0 Å². The summed E-state index contributed by atoms with van der Waals surface area (Å²) in [6, 6.07) is 5.83. The lowest BCUT2D eigenvalue weighted by molar-refractivity contribution is -0.137. The Morgan fingerprint density at radius 3 is 2.71 bits per heavy atom. The minimum absolute atomic E-state index is 0.333. The second-order valence-electron chi connectivity index (χ2n) is 6.68. The summed E-state index contributed by atoms with van der Waals surface area (Å²) in [6.45, 7) is 8.25. The van der Waals surface area contributed by atoms with Crippen LogP contribution in [0.4, 0.5) is 10.5 Å². The van der Waals surface area contributed by atoms with Gasteiger partial charge in [-0.15, -0.1) is 0 Å². The fourth-order valence-corrected chi connectivity index (χ4v) is 2.66. The van der Waals surface area contributed by atoms with Gasteiger partial charge in [-0.05, 0) is 57.7 Å². The van der Waals surface area contributed by atoms with Crippen molar-refractivity contribution in [2.24, 2.45) is 0 Å². The number of benzene rings is 1. The maximum atomic E-state index is 12.6. The molecule has 0 bridgehead atoms. The Kier molecular flexibility index (Phi) is 5.65. The molecule has 0 saturated carbocycles. The van der Waals surface area contributed by atoms with Gasteiger partial charge in [0, 0.05) is 12.6 Å². The van der Waals surface area contributed by atoms with Gasteiger partial charge in [0.05, 0.1) is 12.3 Å². The Bertz CT molecular complexity index is 643. The van der Waals surface area contributed by atoms with Crippen LogP contribution in [-0.2, 0) is 20.7 Å². The Balaban J connectivity index is 2.33. The summed E-state index contributed by atoms with van der Waals surface area (Å²) in [7, 11) is 0. The molecule has 5 heteroatoms. The summed E-state index contributed by atoms with van der Waals surface area (Å²) in [5.41, 5.74) is 2.16. The van der Waals surface area contributed by atoms with Crippen molar-refractivity contribution >= 4 is 23.8 Å². The van der Waals surface area contributed by atoms with Gasteiger partial charge in [0.15, 0.2) is 0 Å². The Morgan fingerprint density at radius 2 is 2.04 bits per heavy atom. The van der Waals surface area contributed by atoms with E-state index in [1.807, 2.05) is 39.0 Å². The molecule has 5 nitrogen and oxygen atoms in total. The average Bonchev–Trinajstić information content (AvgIpc) is 2.51. The van der Waals surface area contributed by atoms with E-state index in [9.17, 15) is 9.59 Å². The second-order valence-corrected chi connectivity index (χ2v) is 6.68. The molecule has 0 aromatic heterocycles. The molecular formula is C19H25NO4. The molecule has 2 rings (SSSR count). The number of fused-ring (bicyclic) bond motifs is 1. The predicted octanol–water partition coefficient (Wildman–Crippen LogP) is 3.95. The molecule has 130 valence electrons. The lowest BCUT2D eigenvalue weighted by Gasteiger charge is -2.32. The van der Waals surface area contributed by atoms with Crippen LogP contribution in [0.2, 0.25) is 0 Å². The van der Waals surface area contributed by atoms with Crippen LogP contribution < -0.4 is 4.90 Å². The van der Waals surface area contributed by atoms with Crippen molar-refractivity contribution in [1.29, 1.82) is 0 Å². The summed E-state index contributed by atoms with van der Waals surface area (Å²) in [5, 5.41) is 0. The Hall–Kier alpha value is -2.30. The molecule has 1 aromatic rings. The van der Waals surface area contributed by atoms with E-state index < -0.39 is 11.6 Å². The lowest BCUT2D eigenvalue weighted by Crippen LogP contribution is -2.40. The van der Waals surface area contributed by atoms with E-state index in [4.69, 9.17) is 9.47 Å². The number of aryl methyl sites for hydroxylation is 1. The quantitative estimate of drug-likeness (QED) is 0.621. The van der Waals surface area contributed by atoms with Gasteiger partial charge < -0.3 is 9.47 Å². The maximum Gasteiger partial charge on any atom is 0.414 e. The van der Waals surface area contributed by atoms with Crippen LogP contribution in [-0.4, -0.2) is 30.8 Å². The second kappa shape index (κ2) is 7.51. The average molecular weight is 331 g/mol. The molecule has 0 fully saturated rings. The molecule has 0 spiro atoms. The van der Waals surface area contributed by atoms with Gasteiger partial charge in [-0.3, -0.25) is 4.90 Å². The molecule has 0 aliphatic carbocycles. The molecule has 1 aliphatic heterocycles. The third kappa shape index (κ3) is 4.60. The van der Waals surface area contributed by atoms with Crippen molar-refractivity contribution in [3.63, 3.8) is 0 Å². The van der Waals surface area contributed by atoms with E-state index in [1.165, 1.54) is 6.08 Å². The van der Waals surface area contributed by atoms with E-state index in [-0.39, 0.29) is 6.09 Å². The summed E-state index contributed by atoms with van der Waals surface area (Å²) in [4.78, 5) is 25.8. The van der Waals surface area contributed by atoms with Gasteiger partial charge in [-0.2, -0.15) is 0 Å². The van der Waals surface area contributed by atoms with Crippen molar-refractivity contribution in [2.75, 3.05) is 18.1 Å². The zero-order valence-corrected chi connectivity index (χ0v) is 14.8. The van der Waals surface area contributed by atoms with Crippen LogP contribution >= 0.6 is 0 Å². The van der Waals surface area contributed by atoms with E-state index >= 15 is 0 Å². The first-order valence-electron chi connectivity index (χ1n) is 8.29. The van der Waals surface area contributed by atoms with Crippen LogP contribution in [0.15, 0.2) is 24.3 Å². The molecule has 24 heavy (non-hydrogen) atoms. The zero-order valence-electron chi connectivity index (χ0n) is 14.8. The standard InChI is InChI=1S/C19H25NO4/c1-5-23-16(21)12-11-15-9-6-8-14-10-7-13-20(17(14)15)18(22)24-19(2,3)4/h6,8-9,11-12H,5,7,10,13H2,1-4H3. The van der Waals surface area contributed by atoms with Gasteiger partial charge in [0.1, 0.15) is 5.60 Å². The number of amides is 1. The van der Waals surface area contributed by atoms with Gasteiger partial charge in [0.2, 0.25) is 0 Å². The van der Waals surface area contributed by atoms with Crippen LogP contribution in [0.1, 0.15) is 45.2 Å². The SMILES string of the molecule is CCOC(=O)C=Cc1cccc2c1N(C(=O)OC(C)(C)C)CCC2. The molecule has 1 aliphatic rings. The molecule has 0 unspecified atom stereocenters. The van der Waals surface area contributed by atoms with Crippen LogP contribution in [0, 0.1) is 0 Å². The molecule has 0 atom stereocenters. The number of hydrogen-bond donors (Lipinski definition) is 0. The number of nitrogens with zero attached hydrogens (tertiary/aromatic N) is 1. The first-order valence-corrected chi connectivity index (χ1v) is 8.29. The lowest BCUT2D eigenvalue weighted by atomic mass is 9.97. The molecule has 1 aromatic carbocycles. The maximum absolute atomic E-state index is 12.6. The molecule has 1 amide bonds. The summed E-state index contributed by atoms with van der Waals surface area (Å²) in [6.07, 6.45) is 4.51. The van der Waals surface area contributed by atoms with Crippen molar-refractivity contribution in [1.82, 2.24) is 0 Å². The van der Waals surface area contributed by atoms with Gasteiger partial charge in [-0.25, -0.2) is 9.59 Å². The number of ether oxygens (including phenoxy) is 2. The molecular weight excluding hydrogens is 306 g/mol. The summed E-state index contributed by atoms with van der Waals surface area (Å²) in [5.74, 6) is -0.394. The van der Waals surface area contributed by atoms with Crippen molar-refractivity contribution in [3.05, 3.63) is 35.4 Å². The molecule has 0 saturated heterocycles. The number of carbonyl (C=O) groups excluding carboxylic acids is 2. The van der Waals surface area contributed by atoms with Crippen molar-refractivity contribution < 1.29 is 19.1 Å². The molecule has 0 radical (unpaired) electrons. The highest BCUT2D eigenvalue weighted by atomic mass is 16.6. The normalized spacial score (nSPS) is 14.4. The largest absolute Gasteiger partial charge is 0.463 e. The van der Waals surface area contributed by atoms with E-state index in [2.05, 4.69) is 0 Å². The van der Waals surface area contributed by atoms with Crippen molar-refractivity contribution in [2.45, 2.75) is 46.1 Å². The molecule has 0 N–H and O–H groups in total. The third-order valence-corrected chi connectivity index (χ3v) is 3.55. The van der Waals surface area contributed by atoms with Crippen molar-refractivity contribution in [3.8, 4) is 0 Å². The first-order chi connectivity index (χ1) is 11.3. The number of rotatable bonds is 3. The minimum atomic E-state index is -0.551. The number of hydrogen-bond acceptors (Lipinski definition) is 4. The predicted molar refractivity (Wildman–Crippen MR) is 94.0 cm³/mol. The summed E-state index contributed by atoms with van der Waals surface area (Å²) < 4.78 is 10.4. The fourth-order valence-electron chi connectivity index (χ4n) is 2.66. The Morgan fingerprint density at radius 1 is 1.29 bits per heavy atom. The number of carbonyl (C=O) groups is 2. The van der Waals surface area contributed by atoms with E-state index in [1.54, 1.807) is 17.9 Å². The number of esters is 1. The zero-order chi connectivity index (χ0) is 17.7. The minimum Gasteiger partial charge on any atom is -0.463 e. The fraction of sp³-hybridized carbons (Fsp3) is 0.474. The first kappa shape index (κ1) is 18.0. The van der Waals surface area contributed by atoms with Crippen LogP contribution in [0.3, 0.4) is 0 Å². The van der Waals surface area contributed by atoms with E-state index in [0.717, 1.165) is 29.7 Å². The molecule has 1 heterocycles. The van der Waals surface area contributed by atoms with Crippen LogP contribution in [0.5, 0.6) is 0 Å². The number of para-hydroxylation sites is 1. The van der Waals surface area contributed by atoms with Crippen LogP contribution in [0.25, 0.3) is 6.08 Å². The highest BCUT2D eigenvalue weighted by Crippen LogP contribution is 2.33. The smallest absolute Gasteiger partial charge is 0.414 e. The van der Waals surface area contributed by atoms with Gasteiger partial charge in [-0.1, -0.05) is 18.2 Å². The topological polar surface area (TPSA) is 55.8 Å². The monoisotopic (exact) mass is 331 g/mol. The number of anilines is 1.